The fourth-order valence-corrected chi connectivity index (χ4v) is 2.97. The molecule has 0 unspecified atom stereocenters. The molecule has 2 heterocycles. The van der Waals surface area contributed by atoms with Gasteiger partial charge in [-0.2, -0.15) is 0 Å². The van der Waals surface area contributed by atoms with Crippen LogP contribution in [0.3, 0.4) is 0 Å². The van der Waals surface area contributed by atoms with Crippen LogP contribution in [0.2, 0.25) is 0 Å². The van der Waals surface area contributed by atoms with Gasteiger partial charge < -0.3 is 5.32 Å². The molecule has 0 amide bonds. The quantitative estimate of drug-likeness (QED) is 0.784. The Kier molecular flexibility index (Phi) is 3.02. The second kappa shape index (κ2) is 4.17. The minimum atomic E-state index is 0.284. The zero-order valence-corrected chi connectivity index (χ0v) is 10.6. The summed E-state index contributed by atoms with van der Waals surface area (Å²) in [5.41, 5.74) is 1.98. The molecule has 0 atom stereocenters. The van der Waals surface area contributed by atoms with Crippen molar-refractivity contribution in [3.05, 3.63) is 30.1 Å². The molecule has 1 aliphatic heterocycles. The number of aromatic nitrogens is 1. The van der Waals surface area contributed by atoms with Gasteiger partial charge >= 0.3 is 0 Å². The summed E-state index contributed by atoms with van der Waals surface area (Å²) in [4.78, 5) is 4.30. The van der Waals surface area contributed by atoms with Gasteiger partial charge in [-0.15, -0.1) is 0 Å². The number of pyridine rings is 1. The van der Waals surface area contributed by atoms with Gasteiger partial charge in [0.2, 0.25) is 0 Å². The molecule has 2 rings (SSSR count). The Balaban J connectivity index is 2.42. The van der Waals surface area contributed by atoms with Crippen LogP contribution >= 0.6 is 0 Å². The van der Waals surface area contributed by atoms with E-state index in [2.05, 4.69) is 49.4 Å². The van der Waals surface area contributed by atoms with Crippen LogP contribution in [0.15, 0.2) is 24.5 Å². The summed E-state index contributed by atoms with van der Waals surface area (Å²) in [6, 6.07) is 4.30. The number of piperidine rings is 1. The molecular formula is C14H22N2. The van der Waals surface area contributed by atoms with E-state index in [1.165, 1.54) is 18.4 Å². The van der Waals surface area contributed by atoms with Gasteiger partial charge in [-0.1, -0.05) is 26.8 Å². The van der Waals surface area contributed by atoms with E-state index < -0.39 is 0 Å². The highest BCUT2D eigenvalue weighted by Crippen LogP contribution is 2.47. The highest BCUT2D eigenvalue weighted by molar-refractivity contribution is 5.26. The molecule has 0 bridgehead atoms. The van der Waals surface area contributed by atoms with Gasteiger partial charge in [-0.05, 0) is 43.0 Å². The average Bonchev–Trinajstić information content (AvgIpc) is 2.30. The summed E-state index contributed by atoms with van der Waals surface area (Å²) in [6.07, 6.45) is 6.34. The zero-order chi connectivity index (χ0) is 11.6. The first kappa shape index (κ1) is 11.6. The van der Waals surface area contributed by atoms with Gasteiger partial charge in [0.15, 0.2) is 0 Å². The molecule has 0 radical (unpaired) electrons. The van der Waals surface area contributed by atoms with E-state index in [1.807, 2.05) is 6.20 Å². The van der Waals surface area contributed by atoms with Crippen molar-refractivity contribution in [1.82, 2.24) is 10.3 Å². The summed E-state index contributed by atoms with van der Waals surface area (Å²) in [6.45, 7) is 9.29. The third-order valence-corrected chi connectivity index (χ3v) is 4.11. The van der Waals surface area contributed by atoms with Gasteiger partial charge in [0.1, 0.15) is 0 Å². The molecule has 2 nitrogen and oxygen atoms in total. The SMILES string of the molecule is CC(C)(C)C1(c2cccnc2)CCNCC1. The average molecular weight is 218 g/mol. The fourth-order valence-electron chi connectivity index (χ4n) is 2.97. The number of hydrogen-bond acceptors (Lipinski definition) is 2. The predicted molar refractivity (Wildman–Crippen MR) is 67.5 cm³/mol. The van der Waals surface area contributed by atoms with E-state index in [9.17, 15) is 0 Å². The lowest BCUT2D eigenvalue weighted by Gasteiger charge is -2.48. The maximum Gasteiger partial charge on any atom is 0.0305 e. The van der Waals surface area contributed by atoms with Crippen molar-refractivity contribution in [2.24, 2.45) is 5.41 Å². The highest BCUT2D eigenvalue weighted by Gasteiger charge is 2.43. The number of hydrogen-bond donors (Lipinski definition) is 1. The standard InChI is InChI=1S/C14H22N2/c1-13(2,3)14(6-9-15-10-7-14)12-5-4-8-16-11-12/h4-5,8,11,15H,6-7,9-10H2,1-3H3. The minimum Gasteiger partial charge on any atom is -0.317 e. The van der Waals surface area contributed by atoms with Crippen LogP contribution in [0.4, 0.5) is 0 Å². The second-order valence-electron chi connectivity index (χ2n) is 5.82. The Hall–Kier alpha value is -0.890. The number of nitrogens with one attached hydrogen (secondary N) is 1. The normalized spacial score (nSPS) is 20.7. The van der Waals surface area contributed by atoms with Gasteiger partial charge in [0.05, 0.1) is 0 Å². The smallest absolute Gasteiger partial charge is 0.0305 e. The van der Waals surface area contributed by atoms with E-state index in [0.717, 1.165) is 13.1 Å². The zero-order valence-electron chi connectivity index (χ0n) is 10.6. The third kappa shape index (κ3) is 1.86. The van der Waals surface area contributed by atoms with Crippen LogP contribution in [0.1, 0.15) is 39.2 Å². The minimum absolute atomic E-state index is 0.284. The summed E-state index contributed by atoms with van der Waals surface area (Å²) in [5.74, 6) is 0. The van der Waals surface area contributed by atoms with E-state index in [4.69, 9.17) is 0 Å². The van der Waals surface area contributed by atoms with Crippen molar-refractivity contribution < 1.29 is 0 Å². The number of rotatable bonds is 1. The molecule has 1 saturated heterocycles. The Bertz CT molecular complexity index is 332. The highest BCUT2D eigenvalue weighted by atomic mass is 14.9. The maximum absolute atomic E-state index is 4.30. The van der Waals surface area contributed by atoms with E-state index in [1.54, 1.807) is 0 Å². The Morgan fingerprint density at radius 3 is 2.44 bits per heavy atom. The van der Waals surface area contributed by atoms with E-state index in [0.29, 0.717) is 0 Å². The first-order valence-corrected chi connectivity index (χ1v) is 6.17. The largest absolute Gasteiger partial charge is 0.317 e. The molecular weight excluding hydrogens is 196 g/mol. The van der Waals surface area contributed by atoms with Crippen LogP contribution in [-0.4, -0.2) is 18.1 Å². The monoisotopic (exact) mass is 218 g/mol. The molecule has 0 saturated carbocycles. The van der Waals surface area contributed by atoms with E-state index in [-0.39, 0.29) is 10.8 Å². The van der Waals surface area contributed by atoms with Crippen molar-refractivity contribution in [3.63, 3.8) is 0 Å². The first-order chi connectivity index (χ1) is 7.56. The second-order valence-corrected chi connectivity index (χ2v) is 5.82. The molecule has 0 aromatic carbocycles. The van der Waals surface area contributed by atoms with Crippen molar-refractivity contribution in [3.8, 4) is 0 Å². The summed E-state index contributed by atoms with van der Waals surface area (Å²) < 4.78 is 0. The molecule has 2 heteroatoms. The maximum atomic E-state index is 4.30. The fraction of sp³-hybridized carbons (Fsp3) is 0.643. The topological polar surface area (TPSA) is 24.9 Å². The van der Waals surface area contributed by atoms with Crippen molar-refractivity contribution in [1.29, 1.82) is 0 Å². The molecule has 16 heavy (non-hydrogen) atoms. The molecule has 1 aromatic rings. The molecule has 1 fully saturated rings. The summed E-state index contributed by atoms with van der Waals surface area (Å²) in [5, 5.41) is 3.46. The lowest BCUT2D eigenvalue weighted by molar-refractivity contribution is 0.134. The lowest BCUT2D eigenvalue weighted by atomic mass is 9.58. The van der Waals surface area contributed by atoms with Gasteiger partial charge in [0, 0.05) is 17.8 Å². The van der Waals surface area contributed by atoms with Crippen molar-refractivity contribution in [2.75, 3.05) is 13.1 Å². The van der Waals surface area contributed by atoms with Gasteiger partial charge in [-0.3, -0.25) is 4.98 Å². The molecule has 0 aliphatic carbocycles. The van der Waals surface area contributed by atoms with Gasteiger partial charge in [0.25, 0.3) is 0 Å². The molecule has 1 aliphatic rings. The third-order valence-electron chi connectivity index (χ3n) is 4.11. The predicted octanol–water partition coefficient (Wildman–Crippen LogP) is 2.75. The molecule has 1 N–H and O–H groups in total. The Labute approximate surface area is 98.5 Å². The summed E-state index contributed by atoms with van der Waals surface area (Å²) >= 11 is 0. The van der Waals surface area contributed by atoms with Crippen molar-refractivity contribution >= 4 is 0 Å². The van der Waals surface area contributed by atoms with Gasteiger partial charge in [-0.25, -0.2) is 0 Å². The van der Waals surface area contributed by atoms with E-state index >= 15 is 0 Å². The van der Waals surface area contributed by atoms with Crippen LogP contribution in [0, 0.1) is 5.41 Å². The van der Waals surface area contributed by atoms with Crippen LogP contribution in [-0.2, 0) is 5.41 Å². The first-order valence-electron chi connectivity index (χ1n) is 6.17. The van der Waals surface area contributed by atoms with Crippen LogP contribution in [0.5, 0.6) is 0 Å². The molecule has 0 spiro atoms. The number of nitrogens with zero attached hydrogens (tertiary/aromatic N) is 1. The molecule has 1 aromatic heterocycles. The Morgan fingerprint density at radius 2 is 1.94 bits per heavy atom. The van der Waals surface area contributed by atoms with Crippen LogP contribution in [0.25, 0.3) is 0 Å². The van der Waals surface area contributed by atoms with Crippen molar-refractivity contribution in [2.45, 2.75) is 39.0 Å². The van der Waals surface area contributed by atoms with Crippen LogP contribution < -0.4 is 5.32 Å². The Morgan fingerprint density at radius 1 is 1.25 bits per heavy atom. The lowest BCUT2D eigenvalue weighted by Crippen LogP contribution is -2.48. The molecule has 88 valence electrons. The summed E-state index contributed by atoms with van der Waals surface area (Å²) in [7, 11) is 0.